The molecule has 1 heteroatoms. The highest BCUT2D eigenvalue weighted by Gasteiger charge is 2.16. The second-order valence-electron chi connectivity index (χ2n) is 3.22. The summed E-state index contributed by atoms with van der Waals surface area (Å²) < 4.78 is 5.34. The van der Waals surface area contributed by atoms with Crippen LogP contribution in [-0.4, -0.2) is 13.2 Å². The quantitative estimate of drug-likeness (QED) is 0.525. The number of ether oxygens (including phenoxy) is 1. The van der Waals surface area contributed by atoms with Gasteiger partial charge in [-0.15, -0.1) is 0 Å². The zero-order valence-corrected chi connectivity index (χ0v) is 6.39. The lowest BCUT2D eigenvalue weighted by atomic mass is 9.91. The van der Waals surface area contributed by atoms with Gasteiger partial charge in [0, 0.05) is 13.2 Å². The van der Waals surface area contributed by atoms with Crippen molar-refractivity contribution >= 4 is 0 Å². The van der Waals surface area contributed by atoms with Crippen LogP contribution in [-0.2, 0) is 4.74 Å². The van der Waals surface area contributed by atoms with Gasteiger partial charge in [-0.25, -0.2) is 0 Å². The Morgan fingerprint density at radius 3 is 2.56 bits per heavy atom. The molecule has 1 rings (SSSR count). The summed E-state index contributed by atoms with van der Waals surface area (Å²) in [4.78, 5) is 0. The predicted octanol–water partition coefficient (Wildman–Crippen LogP) is 2.07. The summed E-state index contributed by atoms with van der Waals surface area (Å²) in [5.74, 6) is 1.64. The molecule has 0 aromatic carbocycles. The fraction of sp³-hybridized carbons (Fsp3) is 1.00. The van der Waals surface area contributed by atoms with Crippen molar-refractivity contribution in [3.63, 3.8) is 0 Å². The number of hydrogen-bond donors (Lipinski definition) is 0. The van der Waals surface area contributed by atoms with E-state index in [1.165, 1.54) is 12.8 Å². The monoisotopic (exact) mass is 128 g/mol. The zero-order valence-electron chi connectivity index (χ0n) is 6.39. The molecule has 1 aliphatic rings. The van der Waals surface area contributed by atoms with Crippen LogP contribution in [0.4, 0.5) is 0 Å². The lowest BCUT2D eigenvalue weighted by molar-refractivity contribution is 0.0373. The Kier molecular flexibility index (Phi) is 2.52. The average Bonchev–Trinajstić information content (AvgIpc) is 1.90. The molecule has 0 N–H and O–H groups in total. The van der Waals surface area contributed by atoms with Crippen molar-refractivity contribution in [2.45, 2.75) is 26.7 Å². The van der Waals surface area contributed by atoms with E-state index in [0.717, 1.165) is 25.0 Å². The Morgan fingerprint density at radius 1 is 1.44 bits per heavy atom. The third-order valence-electron chi connectivity index (χ3n) is 2.14. The first-order chi connectivity index (χ1) is 4.30. The lowest BCUT2D eigenvalue weighted by Crippen LogP contribution is -2.21. The van der Waals surface area contributed by atoms with Crippen LogP contribution in [0.5, 0.6) is 0 Å². The maximum atomic E-state index is 5.34. The molecule has 1 heterocycles. The molecule has 1 aliphatic heterocycles. The topological polar surface area (TPSA) is 9.23 Å². The van der Waals surface area contributed by atoms with Crippen LogP contribution in [0.1, 0.15) is 26.7 Å². The molecule has 0 aromatic heterocycles. The molecule has 0 aromatic rings. The smallest absolute Gasteiger partial charge is 0.0496 e. The molecule has 54 valence electrons. The minimum Gasteiger partial charge on any atom is -0.381 e. The van der Waals surface area contributed by atoms with E-state index >= 15 is 0 Å². The summed E-state index contributed by atoms with van der Waals surface area (Å²) >= 11 is 0. The molecule has 0 spiro atoms. The summed E-state index contributed by atoms with van der Waals surface area (Å²) in [6, 6.07) is 0. The van der Waals surface area contributed by atoms with Gasteiger partial charge in [0.2, 0.25) is 0 Å². The largest absolute Gasteiger partial charge is 0.381 e. The first-order valence-electron chi connectivity index (χ1n) is 3.88. The molecule has 0 bridgehead atoms. The Morgan fingerprint density at radius 2 is 2.22 bits per heavy atom. The van der Waals surface area contributed by atoms with Gasteiger partial charge in [-0.1, -0.05) is 13.8 Å². The summed E-state index contributed by atoms with van der Waals surface area (Å²) in [5, 5.41) is 0. The number of hydrogen-bond acceptors (Lipinski definition) is 1. The highest BCUT2D eigenvalue weighted by Crippen LogP contribution is 2.20. The average molecular weight is 128 g/mol. The van der Waals surface area contributed by atoms with Gasteiger partial charge in [0.15, 0.2) is 0 Å². The fourth-order valence-corrected chi connectivity index (χ4v) is 1.29. The van der Waals surface area contributed by atoms with Crippen molar-refractivity contribution in [3.05, 3.63) is 0 Å². The molecule has 1 saturated heterocycles. The zero-order chi connectivity index (χ0) is 6.69. The van der Waals surface area contributed by atoms with E-state index in [-0.39, 0.29) is 0 Å². The molecule has 0 unspecified atom stereocenters. The molecule has 0 radical (unpaired) electrons. The first-order valence-corrected chi connectivity index (χ1v) is 3.88. The highest BCUT2D eigenvalue weighted by molar-refractivity contribution is 4.65. The molecule has 1 fully saturated rings. The van der Waals surface area contributed by atoms with Gasteiger partial charge in [-0.3, -0.25) is 0 Å². The standard InChI is InChI=1S/C8H16O/c1-7(2)8-4-3-5-9-6-8/h7-8H,3-6H2,1-2H3/t8-/m1/s1. The van der Waals surface area contributed by atoms with Gasteiger partial charge in [0.25, 0.3) is 0 Å². The third kappa shape index (κ3) is 1.98. The third-order valence-corrected chi connectivity index (χ3v) is 2.14. The maximum Gasteiger partial charge on any atom is 0.0496 e. The van der Waals surface area contributed by atoms with Gasteiger partial charge >= 0.3 is 0 Å². The second kappa shape index (κ2) is 3.21. The molecule has 0 amide bonds. The second-order valence-corrected chi connectivity index (χ2v) is 3.22. The molecule has 9 heavy (non-hydrogen) atoms. The van der Waals surface area contributed by atoms with Crippen LogP contribution < -0.4 is 0 Å². The van der Waals surface area contributed by atoms with Crippen molar-refractivity contribution in [2.75, 3.05) is 13.2 Å². The van der Waals surface area contributed by atoms with Crippen LogP contribution in [0.15, 0.2) is 0 Å². The van der Waals surface area contributed by atoms with Gasteiger partial charge in [0.1, 0.15) is 0 Å². The van der Waals surface area contributed by atoms with Crippen molar-refractivity contribution in [2.24, 2.45) is 11.8 Å². The van der Waals surface area contributed by atoms with Crippen molar-refractivity contribution < 1.29 is 4.74 Å². The van der Waals surface area contributed by atoms with Crippen LogP contribution in [0.2, 0.25) is 0 Å². The van der Waals surface area contributed by atoms with Crippen LogP contribution in [0, 0.1) is 11.8 Å². The van der Waals surface area contributed by atoms with E-state index in [0.29, 0.717) is 0 Å². The number of rotatable bonds is 1. The Balaban J connectivity index is 2.23. The van der Waals surface area contributed by atoms with Crippen LogP contribution >= 0.6 is 0 Å². The first kappa shape index (κ1) is 7.07. The maximum absolute atomic E-state index is 5.34. The SMILES string of the molecule is CC(C)[C@@H]1CCCOC1. The van der Waals surface area contributed by atoms with Crippen LogP contribution in [0.3, 0.4) is 0 Å². The summed E-state index contributed by atoms with van der Waals surface area (Å²) in [5.41, 5.74) is 0. The Labute approximate surface area is 57.4 Å². The predicted molar refractivity (Wildman–Crippen MR) is 38.4 cm³/mol. The van der Waals surface area contributed by atoms with E-state index in [1.807, 2.05) is 0 Å². The summed E-state index contributed by atoms with van der Waals surface area (Å²) in [6.45, 7) is 6.54. The molecule has 1 atom stereocenters. The van der Waals surface area contributed by atoms with E-state index in [1.54, 1.807) is 0 Å². The van der Waals surface area contributed by atoms with Crippen molar-refractivity contribution in [1.82, 2.24) is 0 Å². The highest BCUT2D eigenvalue weighted by atomic mass is 16.5. The molecular weight excluding hydrogens is 112 g/mol. The molecule has 1 nitrogen and oxygen atoms in total. The minimum absolute atomic E-state index is 0.810. The van der Waals surface area contributed by atoms with Crippen molar-refractivity contribution in [1.29, 1.82) is 0 Å². The Hall–Kier alpha value is -0.0400. The summed E-state index contributed by atoms with van der Waals surface area (Å²) in [6.07, 6.45) is 2.64. The molecule has 0 saturated carbocycles. The fourth-order valence-electron chi connectivity index (χ4n) is 1.29. The van der Waals surface area contributed by atoms with E-state index < -0.39 is 0 Å². The normalized spacial score (nSPS) is 29.0. The van der Waals surface area contributed by atoms with Gasteiger partial charge < -0.3 is 4.74 Å². The van der Waals surface area contributed by atoms with E-state index in [2.05, 4.69) is 13.8 Å². The van der Waals surface area contributed by atoms with Crippen LogP contribution in [0.25, 0.3) is 0 Å². The van der Waals surface area contributed by atoms with E-state index in [4.69, 9.17) is 4.74 Å². The van der Waals surface area contributed by atoms with Gasteiger partial charge in [-0.2, -0.15) is 0 Å². The van der Waals surface area contributed by atoms with Crippen molar-refractivity contribution in [3.8, 4) is 0 Å². The van der Waals surface area contributed by atoms with Gasteiger partial charge in [-0.05, 0) is 24.7 Å². The lowest BCUT2D eigenvalue weighted by Gasteiger charge is -2.24. The molecule has 0 aliphatic carbocycles. The Bertz CT molecular complexity index is 72.6. The molecular formula is C8H16O. The minimum atomic E-state index is 0.810. The summed E-state index contributed by atoms with van der Waals surface area (Å²) in [7, 11) is 0. The van der Waals surface area contributed by atoms with E-state index in [9.17, 15) is 0 Å². The van der Waals surface area contributed by atoms with Gasteiger partial charge in [0.05, 0.1) is 0 Å².